The van der Waals surface area contributed by atoms with Crippen LogP contribution in [0.25, 0.3) is 0 Å². The summed E-state index contributed by atoms with van der Waals surface area (Å²) in [5.41, 5.74) is 7.30. The predicted molar refractivity (Wildman–Crippen MR) is 78.3 cm³/mol. The van der Waals surface area contributed by atoms with Crippen molar-refractivity contribution < 1.29 is 0 Å². The third kappa shape index (κ3) is 3.83. The van der Waals surface area contributed by atoms with Crippen LogP contribution in [0.15, 0.2) is 11.4 Å². The first-order valence-electron chi connectivity index (χ1n) is 5.90. The quantitative estimate of drug-likeness (QED) is 0.924. The van der Waals surface area contributed by atoms with Gasteiger partial charge >= 0.3 is 0 Å². The summed E-state index contributed by atoms with van der Waals surface area (Å²) in [4.78, 5) is 2.49. The van der Waals surface area contributed by atoms with Crippen molar-refractivity contribution in [1.29, 1.82) is 0 Å². The number of halogens is 2. The molecule has 1 aliphatic heterocycles. The van der Waals surface area contributed by atoms with Gasteiger partial charge in [0.05, 0.1) is 4.34 Å². The van der Waals surface area contributed by atoms with Gasteiger partial charge in [-0.2, -0.15) is 0 Å². The Kier molecular flexibility index (Phi) is 6.24. The largest absolute Gasteiger partial charge is 0.327 e. The number of rotatable bonds is 3. The molecule has 1 aliphatic rings. The Morgan fingerprint density at radius 1 is 1.59 bits per heavy atom. The van der Waals surface area contributed by atoms with Crippen LogP contribution in [0.4, 0.5) is 0 Å². The number of hydrogen-bond acceptors (Lipinski definition) is 3. The molecule has 1 fully saturated rings. The first-order chi connectivity index (χ1) is 7.68. The van der Waals surface area contributed by atoms with Gasteiger partial charge in [0.25, 0.3) is 0 Å². The SMILES string of the molecule is CC(N)C1CCCCN1Cc1ccsc1Cl.Cl. The monoisotopic (exact) mass is 294 g/mol. The van der Waals surface area contributed by atoms with Gasteiger partial charge in [-0.25, -0.2) is 0 Å². The second-order valence-electron chi connectivity index (χ2n) is 4.61. The van der Waals surface area contributed by atoms with Crippen molar-refractivity contribution in [3.63, 3.8) is 0 Å². The Morgan fingerprint density at radius 3 is 2.94 bits per heavy atom. The third-order valence-corrected chi connectivity index (χ3v) is 4.59. The van der Waals surface area contributed by atoms with Crippen LogP contribution >= 0.6 is 35.3 Å². The molecule has 0 saturated carbocycles. The van der Waals surface area contributed by atoms with Crippen LogP contribution < -0.4 is 5.73 Å². The van der Waals surface area contributed by atoms with E-state index in [2.05, 4.69) is 23.3 Å². The van der Waals surface area contributed by atoms with Gasteiger partial charge in [0.15, 0.2) is 0 Å². The second-order valence-corrected chi connectivity index (χ2v) is 6.13. The van der Waals surface area contributed by atoms with E-state index in [-0.39, 0.29) is 18.4 Å². The fraction of sp³-hybridized carbons (Fsp3) is 0.667. The maximum absolute atomic E-state index is 6.15. The minimum atomic E-state index is 0. The summed E-state index contributed by atoms with van der Waals surface area (Å²) in [5.74, 6) is 0. The van der Waals surface area contributed by atoms with E-state index in [0.717, 1.165) is 17.4 Å². The molecule has 0 aliphatic carbocycles. The van der Waals surface area contributed by atoms with Crippen LogP contribution in [0.3, 0.4) is 0 Å². The normalized spacial score (nSPS) is 23.1. The maximum atomic E-state index is 6.15. The van der Waals surface area contributed by atoms with Gasteiger partial charge in [-0.05, 0) is 43.3 Å². The average molecular weight is 295 g/mol. The van der Waals surface area contributed by atoms with Crippen molar-refractivity contribution in [3.8, 4) is 0 Å². The molecule has 0 bridgehead atoms. The molecule has 2 N–H and O–H groups in total. The highest BCUT2D eigenvalue weighted by Crippen LogP contribution is 2.27. The van der Waals surface area contributed by atoms with E-state index in [0.29, 0.717) is 6.04 Å². The Labute approximate surface area is 119 Å². The molecule has 1 aromatic rings. The molecule has 5 heteroatoms. The Morgan fingerprint density at radius 2 is 2.35 bits per heavy atom. The lowest BCUT2D eigenvalue weighted by atomic mass is 9.96. The lowest BCUT2D eigenvalue weighted by Gasteiger charge is -2.37. The summed E-state index contributed by atoms with van der Waals surface area (Å²) < 4.78 is 0.925. The smallest absolute Gasteiger partial charge is 0.0973 e. The van der Waals surface area contributed by atoms with E-state index in [4.69, 9.17) is 17.3 Å². The summed E-state index contributed by atoms with van der Waals surface area (Å²) >= 11 is 7.76. The van der Waals surface area contributed by atoms with E-state index < -0.39 is 0 Å². The molecule has 0 spiro atoms. The maximum Gasteiger partial charge on any atom is 0.0973 e. The van der Waals surface area contributed by atoms with E-state index in [1.165, 1.54) is 24.8 Å². The first-order valence-corrected chi connectivity index (χ1v) is 7.15. The highest BCUT2D eigenvalue weighted by molar-refractivity contribution is 7.14. The molecule has 2 heterocycles. The highest BCUT2D eigenvalue weighted by Gasteiger charge is 2.25. The van der Waals surface area contributed by atoms with E-state index in [1.807, 2.05) is 0 Å². The van der Waals surface area contributed by atoms with Crippen LogP contribution in [0.2, 0.25) is 4.34 Å². The lowest BCUT2D eigenvalue weighted by molar-refractivity contribution is 0.123. The summed E-state index contributed by atoms with van der Waals surface area (Å²) in [6.45, 7) is 4.21. The van der Waals surface area contributed by atoms with Gasteiger partial charge in [-0.1, -0.05) is 18.0 Å². The molecule has 2 unspecified atom stereocenters. The van der Waals surface area contributed by atoms with Crippen molar-refractivity contribution in [2.24, 2.45) is 5.73 Å². The fourth-order valence-corrected chi connectivity index (χ4v) is 3.37. The molecule has 98 valence electrons. The van der Waals surface area contributed by atoms with Crippen LogP contribution in [0, 0.1) is 0 Å². The van der Waals surface area contributed by atoms with E-state index in [9.17, 15) is 0 Å². The summed E-state index contributed by atoms with van der Waals surface area (Å²) in [7, 11) is 0. The molecule has 17 heavy (non-hydrogen) atoms. The van der Waals surface area contributed by atoms with E-state index >= 15 is 0 Å². The predicted octanol–water partition coefficient (Wildman–Crippen LogP) is 3.53. The molecule has 2 rings (SSSR count). The van der Waals surface area contributed by atoms with Gasteiger partial charge < -0.3 is 5.73 Å². The van der Waals surface area contributed by atoms with Crippen LogP contribution in [-0.4, -0.2) is 23.5 Å². The standard InChI is InChI=1S/C12H19ClN2S.ClH/c1-9(14)11-4-2-3-6-15(11)8-10-5-7-16-12(10)13;/h5,7,9,11H,2-4,6,8,14H2,1H3;1H. The number of hydrogen-bond donors (Lipinski definition) is 1. The third-order valence-electron chi connectivity index (χ3n) is 3.34. The molecule has 0 aromatic carbocycles. The number of nitrogens with two attached hydrogens (primary N) is 1. The van der Waals surface area contributed by atoms with Gasteiger partial charge in [0.2, 0.25) is 0 Å². The molecular formula is C12H20Cl2N2S. The molecule has 2 nitrogen and oxygen atoms in total. The summed E-state index contributed by atoms with van der Waals surface area (Å²) in [5, 5.41) is 2.06. The number of likely N-dealkylation sites (tertiary alicyclic amines) is 1. The summed E-state index contributed by atoms with van der Waals surface area (Å²) in [6, 6.07) is 2.89. The van der Waals surface area contributed by atoms with Gasteiger partial charge in [-0.15, -0.1) is 23.7 Å². The average Bonchev–Trinajstić information content (AvgIpc) is 2.65. The van der Waals surface area contributed by atoms with Crippen molar-refractivity contribution in [2.75, 3.05) is 6.54 Å². The van der Waals surface area contributed by atoms with Crippen molar-refractivity contribution in [1.82, 2.24) is 4.90 Å². The lowest BCUT2D eigenvalue weighted by Crippen LogP contribution is -2.48. The molecule has 1 aromatic heterocycles. The number of thiophene rings is 1. The molecule has 1 saturated heterocycles. The molecule has 0 amide bonds. The van der Waals surface area contributed by atoms with Crippen molar-refractivity contribution >= 4 is 35.3 Å². The minimum Gasteiger partial charge on any atom is -0.327 e. The molecular weight excluding hydrogens is 275 g/mol. The Balaban J connectivity index is 0.00000144. The molecule has 0 radical (unpaired) electrons. The van der Waals surface area contributed by atoms with Gasteiger partial charge in [0.1, 0.15) is 0 Å². The number of nitrogens with zero attached hydrogens (tertiary/aromatic N) is 1. The van der Waals surface area contributed by atoms with Crippen LogP contribution in [-0.2, 0) is 6.54 Å². The number of piperidine rings is 1. The highest BCUT2D eigenvalue weighted by atomic mass is 35.5. The first kappa shape index (κ1) is 15.3. The summed E-state index contributed by atoms with van der Waals surface area (Å²) in [6.07, 6.45) is 3.81. The van der Waals surface area contributed by atoms with Gasteiger partial charge in [-0.3, -0.25) is 4.90 Å². The zero-order valence-corrected chi connectivity index (χ0v) is 12.5. The van der Waals surface area contributed by atoms with Crippen LogP contribution in [0.1, 0.15) is 31.7 Å². The molecule has 2 atom stereocenters. The topological polar surface area (TPSA) is 29.3 Å². The Bertz CT molecular complexity index is 341. The van der Waals surface area contributed by atoms with Crippen LogP contribution in [0.5, 0.6) is 0 Å². The van der Waals surface area contributed by atoms with Crippen molar-refractivity contribution in [2.45, 2.75) is 44.8 Å². The minimum absolute atomic E-state index is 0. The van der Waals surface area contributed by atoms with E-state index in [1.54, 1.807) is 11.3 Å². The fourth-order valence-electron chi connectivity index (χ4n) is 2.46. The zero-order chi connectivity index (χ0) is 11.5. The second kappa shape index (κ2) is 6.95. The zero-order valence-electron chi connectivity index (χ0n) is 10.1. The Hall–Kier alpha value is 0.200. The van der Waals surface area contributed by atoms with Crippen molar-refractivity contribution in [3.05, 3.63) is 21.3 Å². The van der Waals surface area contributed by atoms with Gasteiger partial charge in [0, 0.05) is 18.6 Å².